The number of nitrogens with one attached hydrogen (secondary N) is 1. The van der Waals surface area contributed by atoms with Crippen LogP contribution in [-0.4, -0.2) is 20.7 Å². The summed E-state index contributed by atoms with van der Waals surface area (Å²) in [6.45, 7) is 0.740. The van der Waals surface area contributed by atoms with Crippen molar-refractivity contribution in [3.63, 3.8) is 0 Å². The van der Waals surface area contributed by atoms with Crippen molar-refractivity contribution >= 4 is 0 Å². The van der Waals surface area contributed by atoms with Crippen LogP contribution in [-0.2, 0) is 6.42 Å². The van der Waals surface area contributed by atoms with Gasteiger partial charge in [-0.1, -0.05) is 24.0 Å². The van der Waals surface area contributed by atoms with E-state index in [1.54, 1.807) is 7.11 Å². The van der Waals surface area contributed by atoms with Crippen LogP contribution in [0.15, 0.2) is 24.3 Å². The lowest BCUT2D eigenvalue weighted by molar-refractivity contribution is 0.414. The highest BCUT2D eigenvalue weighted by Gasteiger charge is 1.92. The molecule has 0 aliphatic carbocycles. The summed E-state index contributed by atoms with van der Waals surface area (Å²) in [5, 5.41) is 2.98. The third-order valence-corrected chi connectivity index (χ3v) is 1.82. The quantitative estimate of drug-likeness (QED) is 0.727. The van der Waals surface area contributed by atoms with E-state index in [0.29, 0.717) is 0 Å². The van der Waals surface area contributed by atoms with Crippen molar-refractivity contribution in [3.05, 3.63) is 29.8 Å². The Morgan fingerprint density at radius 2 is 2.21 bits per heavy atom. The first-order chi connectivity index (χ1) is 6.86. The van der Waals surface area contributed by atoms with E-state index in [4.69, 9.17) is 4.74 Å². The molecule has 0 atom stereocenters. The van der Waals surface area contributed by atoms with Crippen LogP contribution in [0.2, 0.25) is 0 Å². The largest absolute Gasteiger partial charge is 0.497 e. The lowest BCUT2D eigenvalue weighted by Crippen LogP contribution is -2.04. The molecule has 1 aromatic rings. The number of benzene rings is 1. The predicted molar refractivity (Wildman–Crippen MR) is 58.4 cm³/mol. The summed E-state index contributed by atoms with van der Waals surface area (Å²) in [5.74, 6) is 6.99. The van der Waals surface area contributed by atoms with Crippen LogP contribution in [0.3, 0.4) is 0 Å². The molecule has 0 fully saturated rings. The van der Waals surface area contributed by atoms with E-state index in [-0.39, 0.29) is 0 Å². The van der Waals surface area contributed by atoms with Crippen molar-refractivity contribution in [2.24, 2.45) is 0 Å². The summed E-state index contributed by atoms with van der Waals surface area (Å²) < 4.78 is 5.12. The molecule has 0 aromatic heterocycles. The van der Waals surface area contributed by atoms with Crippen molar-refractivity contribution in [1.29, 1.82) is 0 Å². The molecular formula is C12H15NO. The zero-order valence-electron chi connectivity index (χ0n) is 8.63. The summed E-state index contributed by atoms with van der Waals surface area (Å²) >= 11 is 0. The van der Waals surface area contributed by atoms with Gasteiger partial charge >= 0.3 is 0 Å². The zero-order chi connectivity index (χ0) is 10.2. The molecule has 0 aliphatic heterocycles. The molecule has 0 bridgehead atoms. The summed E-state index contributed by atoms with van der Waals surface area (Å²) in [5.41, 5.74) is 1.19. The van der Waals surface area contributed by atoms with Crippen molar-refractivity contribution < 1.29 is 4.74 Å². The van der Waals surface area contributed by atoms with Crippen LogP contribution in [0.5, 0.6) is 5.75 Å². The Labute approximate surface area is 85.3 Å². The Hall–Kier alpha value is -1.46. The molecule has 0 saturated carbocycles. The van der Waals surface area contributed by atoms with Crippen molar-refractivity contribution in [2.75, 3.05) is 20.7 Å². The minimum Gasteiger partial charge on any atom is -0.497 e. The smallest absolute Gasteiger partial charge is 0.119 e. The van der Waals surface area contributed by atoms with Crippen LogP contribution in [0.25, 0.3) is 0 Å². The summed E-state index contributed by atoms with van der Waals surface area (Å²) in [6, 6.07) is 7.98. The molecule has 1 aromatic carbocycles. The van der Waals surface area contributed by atoms with E-state index in [0.717, 1.165) is 18.7 Å². The normalized spacial score (nSPS) is 9.00. The third-order valence-electron chi connectivity index (χ3n) is 1.82. The Kier molecular flexibility index (Phi) is 4.60. The van der Waals surface area contributed by atoms with E-state index in [1.165, 1.54) is 5.56 Å². The van der Waals surface area contributed by atoms with Gasteiger partial charge in [-0.3, -0.25) is 0 Å². The van der Waals surface area contributed by atoms with Gasteiger partial charge in [-0.05, 0) is 24.7 Å². The molecule has 0 amide bonds. The van der Waals surface area contributed by atoms with E-state index < -0.39 is 0 Å². The minimum absolute atomic E-state index is 0.740. The van der Waals surface area contributed by atoms with Gasteiger partial charge in [0.1, 0.15) is 5.75 Å². The lowest BCUT2D eigenvalue weighted by Gasteiger charge is -2.00. The fourth-order valence-corrected chi connectivity index (χ4v) is 1.10. The molecular weight excluding hydrogens is 174 g/mol. The Balaban J connectivity index is 2.55. The van der Waals surface area contributed by atoms with Crippen LogP contribution in [0.4, 0.5) is 0 Å². The van der Waals surface area contributed by atoms with E-state index >= 15 is 0 Å². The van der Waals surface area contributed by atoms with Gasteiger partial charge in [0.05, 0.1) is 13.7 Å². The maximum atomic E-state index is 5.12. The molecule has 0 saturated heterocycles. The molecule has 2 nitrogen and oxygen atoms in total. The first-order valence-electron chi connectivity index (χ1n) is 4.60. The zero-order valence-corrected chi connectivity index (χ0v) is 8.63. The van der Waals surface area contributed by atoms with Gasteiger partial charge in [-0.2, -0.15) is 0 Å². The molecule has 74 valence electrons. The number of hydrogen-bond donors (Lipinski definition) is 1. The second-order valence-corrected chi connectivity index (χ2v) is 2.91. The lowest BCUT2D eigenvalue weighted by atomic mass is 10.1. The summed E-state index contributed by atoms with van der Waals surface area (Å²) in [4.78, 5) is 0. The Morgan fingerprint density at radius 1 is 1.36 bits per heavy atom. The number of hydrogen-bond acceptors (Lipinski definition) is 2. The summed E-state index contributed by atoms with van der Waals surface area (Å²) in [6.07, 6.45) is 0.777. The van der Waals surface area contributed by atoms with Gasteiger partial charge in [-0.15, -0.1) is 0 Å². The Morgan fingerprint density at radius 3 is 2.93 bits per heavy atom. The monoisotopic (exact) mass is 189 g/mol. The first-order valence-corrected chi connectivity index (χ1v) is 4.60. The van der Waals surface area contributed by atoms with Crippen molar-refractivity contribution in [2.45, 2.75) is 6.42 Å². The Bertz CT molecular complexity index is 336. The van der Waals surface area contributed by atoms with E-state index in [1.807, 2.05) is 25.2 Å². The molecule has 0 spiro atoms. The maximum Gasteiger partial charge on any atom is 0.119 e. The predicted octanol–water partition coefficient (Wildman–Crippen LogP) is 1.46. The molecule has 0 radical (unpaired) electrons. The van der Waals surface area contributed by atoms with Gasteiger partial charge < -0.3 is 10.1 Å². The molecule has 1 N–H and O–H groups in total. The molecule has 2 heteroatoms. The van der Waals surface area contributed by atoms with Gasteiger partial charge in [0, 0.05) is 6.42 Å². The maximum absolute atomic E-state index is 5.12. The second-order valence-electron chi connectivity index (χ2n) is 2.91. The number of rotatable bonds is 3. The average Bonchev–Trinajstić information content (AvgIpc) is 2.25. The third kappa shape index (κ3) is 3.51. The standard InChI is InChI=1S/C12H15NO/c1-13-9-4-3-6-11-7-5-8-12(10-11)14-2/h5,7-8,10,13H,6,9H2,1-2H3. The highest BCUT2D eigenvalue weighted by Crippen LogP contribution is 2.12. The van der Waals surface area contributed by atoms with Crippen LogP contribution < -0.4 is 10.1 Å². The van der Waals surface area contributed by atoms with Gasteiger partial charge in [-0.25, -0.2) is 0 Å². The van der Waals surface area contributed by atoms with Crippen LogP contribution in [0.1, 0.15) is 5.56 Å². The van der Waals surface area contributed by atoms with Gasteiger partial charge in [0.2, 0.25) is 0 Å². The molecule has 0 unspecified atom stereocenters. The van der Waals surface area contributed by atoms with E-state index in [2.05, 4.69) is 23.2 Å². The second kappa shape index (κ2) is 6.06. The fraction of sp³-hybridized carbons (Fsp3) is 0.333. The first kappa shape index (κ1) is 10.6. The van der Waals surface area contributed by atoms with Crippen LogP contribution >= 0.6 is 0 Å². The van der Waals surface area contributed by atoms with E-state index in [9.17, 15) is 0 Å². The number of methoxy groups -OCH3 is 1. The molecule has 14 heavy (non-hydrogen) atoms. The number of ether oxygens (including phenoxy) is 1. The summed E-state index contributed by atoms with van der Waals surface area (Å²) in [7, 11) is 3.56. The molecule has 0 heterocycles. The average molecular weight is 189 g/mol. The van der Waals surface area contributed by atoms with Gasteiger partial charge in [0.25, 0.3) is 0 Å². The highest BCUT2D eigenvalue weighted by atomic mass is 16.5. The van der Waals surface area contributed by atoms with Crippen molar-refractivity contribution in [1.82, 2.24) is 5.32 Å². The van der Waals surface area contributed by atoms with Gasteiger partial charge in [0.15, 0.2) is 0 Å². The fourth-order valence-electron chi connectivity index (χ4n) is 1.10. The highest BCUT2D eigenvalue weighted by molar-refractivity contribution is 5.30. The van der Waals surface area contributed by atoms with Crippen molar-refractivity contribution in [3.8, 4) is 17.6 Å². The SMILES string of the molecule is CNCC#CCc1cccc(OC)c1. The topological polar surface area (TPSA) is 21.3 Å². The molecule has 1 rings (SSSR count). The molecule has 0 aliphatic rings. The minimum atomic E-state index is 0.740. The van der Waals surface area contributed by atoms with Crippen LogP contribution in [0, 0.1) is 11.8 Å².